The van der Waals surface area contributed by atoms with Gasteiger partial charge in [0.05, 0.1) is 17.0 Å². The number of rotatable bonds is 1. The van der Waals surface area contributed by atoms with Gasteiger partial charge in [0.15, 0.2) is 6.20 Å². The van der Waals surface area contributed by atoms with Crippen LogP contribution in [0.4, 0.5) is 0 Å². The quantitative estimate of drug-likeness (QED) is 0.302. The molecular formula is C26H20NO2+. The van der Waals surface area contributed by atoms with Crippen molar-refractivity contribution in [3.05, 3.63) is 78.0 Å². The highest BCUT2D eigenvalue weighted by atomic mass is 16.3. The maximum Gasteiger partial charge on any atom is 0.220 e. The maximum atomic E-state index is 6.38. The summed E-state index contributed by atoms with van der Waals surface area (Å²) in [6.07, 6.45) is 2.15. The van der Waals surface area contributed by atoms with E-state index in [-0.39, 0.29) is 0 Å². The van der Waals surface area contributed by atoms with Gasteiger partial charge in [-0.1, -0.05) is 42.5 Å². The monoisotopic (exact) mass is 378 g/mol. The first kappa shape index (κ1) is 16.4. The van der Waals surface area contributed by atoms with Gasteiger partial charge in [0, 0.05) is 16.2 Å². The fourth-order valence-electron chi connectivity index (χ4n) is 4.43. The van der Waals surface area contributed by atoms with Gasteiger partial charge in [-0.25, -0.2) is 4.57 Å². The Labute approximate surface area is 167 Å². The molecule has 3 heteroatoms. The van der Waals surface area contributed by atoms with Crippen molar-refractivity contribution in [2.24, 2.45) is 7.05 Å². The highest BCUT2D eigenvalue weighted by Gasteiger charge is 2.23. The van der Waals surface area contributed by atoms with E-state index in [0.29, 0.717) is 0 Å². The van der Waals surface area contributed by atoms with E-state index in [4.69, 9.17) is 8.83 Å². The number of benzene rings is 3. The van der Waals surface area contributed by atoms with Crippen molar-refractivity contribution in [1.82, 2.24) is 0 Å². The highest BCUT2D eigenvalue weighted by Crippen LogP contribution is 2.38. The van der Waals surface area contributed by atoms with E-state index in [2.05, 4.69) is 74.1 Å². The molecule has 0 saturated heterocycles. The lowest BCUT2D eigenvalue weighted by Crippen LogP contribution is -2.30. The zero-order valence-electron chi connectivity index (χ0n) is 16.6. The Balaban J connectivity index is 1.71. The number of aromatic nitrogens is 1. The molecule has 0 saturated carbocycles. The highest BCUT2D eigenvalue weighted by molar-refractivity contribution is 6.10. The molecule has 29 heavy (non-hydrogen) atoms. The van der Waals surface area contributed by atoms with Crippen LogP contribution in [0.25, 0.3) is 55.1 Å². The fraction of sp³-hybridized carbons (Fsp3) is 0.115. The van der Waals surface area contributed by atoms with Crippen LogP contribution >= 0.6 is 0 Å². The van der Waals surface area contributed by atoms with Gasteiger partial charge in [0.25, 0.3) is 0 Å². The van der Waals surface area contributed by atoms with Crippen LogP contribution in [0.3, 0.4) is 0 Å². The SMILES string of the molecule is Cc1ccc2c(c1)oc1c(-c3cc4oc5ccccc5c4c[n+]3C)c(C)ccc12. The van der Waals surface area contributed by atoms with Gasteiger partial charge in [-0.2, -0.15) is 0 Å². The van der Waals surface area contributed by atoms with E-state index in [1.54, 1.807) is 0 Å². The first-order valence-corrected chi connectivity index (χ1v) is 9.84. The van der Waals surface area contributed by atoms with Gasteiger partial charge in [-0.05, 0) is 37.1 Å². The van der Waals surface area contributed by atoms with E-state index < -0.39 is 0 Å². The average molecular weight is 378 g/mol. The van der Waals surface area contributed by atoms with E-state index in [0.717, 1.165) is 55.1 Å². The van der Waals surface area contributed by atoms with Crippen LogP contribution in [-0.2, 0) is 7.05 Å². The van der Waals surface area contributed by atoms with Crippen LogP contribution in [0.5, 0.6) is 0 Å². The molecule has 3 aromatic carbocycles. The predicted molar refractivity (Wildman–Crippen MR) is 117 cm³/mol. The predicted octanol–water partition coefficient (Wildman–Crippen LogP) is 6.59. The molecule has 3 nitrogen and oxygen atoms in total. The van der Waals surface area contributed by atoms with Gasteiger partial charge in [-0.15, -0.1) is 0 Å². The molecule has 0 unspecified atom stereocenters. The Bertz CT molecular complexity index is 1580. The van der Waals surface area contributed by atoms with Gasteiger partial charge in [-0.3, -0.25) is 0 Å². The Morgan fingerprint density at radius 2 is 1.45 bits per heavy atom. The number of fused-ring (bicyclic) bond motifs is 6. The summed E-state index contributed by atoms with van der Waals surface area (Å²) >= 11 is 0. The Morgan fingerprint density at radius 3 is 2.34 bits per heavy atom. The molecule has 3 heterocycles. The molecule has 0 radical (unpaired) electrons. The van der Waals surface area contributed by atoms with Crippen molar-refractivity contribution in [2.45, 2.75) is 13.8 Å². The molecule has 0 N–H and O–H groups in total. The molecule has 0 atom stereocenters. The zero-order chi connectivity index (χ0) is 19.7. The van der Waals surface area contributed by atoms with Crippen LogP contribution in [0.15, 0.2) is 75.7 Å². The number of aryl methyl sites for hydroxylation is 3. The summed E-state index contributed by atoms with van der Waals surface area (Å²) in [6, 6.07) is 21.0. The molecule has 3 aromatic heterocycles. The first-order valence-electron chi connectivity index (χ1n) is 9.84. The number of furan rings is 2. The van der Waals surface area contributed by atoms with Gasteiger partial charge >= 0.3 is 0 Å². The molecule has 0 amide bonds. The molecule has 0 aliphatic rings. The van der Waals surface area contributed by atoms with E-state index in [1.807, 2.05) is 18.2 Å². The number of para-hydroxylation sites is 1. The molecule has 0 aliphatic carbocycles. The number of pyridine rings is 1. The van der Waals surface area contributed by atoms with Crippen molar-refractivity contribution >= 4 is 43.9 Å². The van der Waals surface area contributed by atoms with Crippen LogP contribution < -0.4 is 4.57 Å². The topological polar surface area (TPSA) is 30.2 Å². The molecule has 0 fully saturated rings. The van der Waals surface area contributed by atoms with E-state index in [9.17, 15) is 0 Å². The van der Waals surface area contributed by atoms with Crippen molar-refractivity contribution in [3.63, 3.8) is 0 Å². The van der Waals surface area contributed by atoms with Crippen LogP contribution in [0.1, 0.15) is 11.1 Å². The lowest BCUT2D eigenvalue weighted by molar-refractivity contribution is -0.659. The summed E-state index contributed by atoms with van der Waals surface area (Å²) in [5.41, 5.74) is 8.23. The van der Waals surface area contributed by atoms with Crippen molar-refractivity contribution in [3.8, 4) is 11.3 Å². The standard InChI is InChI=1S/C26H20NO2/c1-15-8-10-18-19-11-9-16(2)25(26(19)29-23(18)12-15)21-13-24-20(14-27(21)3)17-6-4-5-7-22(17)28-24/h4-14H,1-3H3/q+1. The Morgan fingerprint density at radius 1 is 0.690 bits per heavy atom. The van der Waals surface area contributed by atoms with Gasteiger partial charge in [0.2, 0.25) is 5.69 Å². The molecular weight excluding hydrogens is 358 g/mol. The zero-order valence-corrected chi connectivity index (χ0v) is 16.6. The number of nitrogens with zero attached hydrogens (tertiary/aromatic N) is 1. The molecule has 0 aliphatic heterocycles. The molecule has 6 rings (SSSR count). The van der Waals surface area contributed by atoms with E-state index >= 15 is 0 Å². The van der Waals surface area contributed by atoms with Gasteiger partial charge in [0.1, 0.15) is 29.4 Å². The van der Waals surface area contributed by atoms with Crippen molar-refractivity contribution < 1.29 is 13.4 Å². The number of hydrogen-bond donors (Lipinski definition) is 0. The Kier molecular flexibility index (Phi) is 3.22. The lowest BCUT2D eigenvalue weighted by atomic mass is 10.00. The summed E-state index contributed by atoms with van der Waals surface area (Å²) in [7, 11) is 2.08. The smallest absolute Gasteiger partial charge is 0.220 e. The largest absolute Gasteiger partial charge is 0.456 e. The summed E-state index contributed by atoms with van der Waals surface area (Å²) in [4.78, 5) is 0. The minimum atomic E-state index is 0.891. The third kappa shape index (κ3) is 2.27. The van der Waals surface area contributed by atoms with Gasteiger partial charge < -0.3 is 8.83 Å². The molecule has 6 aromatic rings. The fourth-order valence-corrected chi connectivity index (χ4v) is 4.43. The van der Waals surface area contributed by atoms with Crippen LogP contribution in [0, 0.1) is 13.8 Å². The van der Waals surface area contributed by atoms with Crippen molar-refractivity contribution in [1.29, 1.82) is 0 Å². The summed E-state index contributed by atoms with van der Waals surface area (Å²) < 4.78 is 14.7. The molecule has 0 bridgehead atoms. The second-order valence-corrected chi connectivity index (χ2v) is 7.88. The van der Waals surface area contributed by atoms with Crippen LogP contribution in [-0.4, -0.2) is 0 Å². The second kappa shape index (κ2) is 5.71. The van der Waals surface area contributed by atoms with Crippen molar-refractivity contribution in [2.75, 3.05) is 0 Å². The lowest BCUT2D eigenvalue weighted by Gasteiger charge is -2.05. The minimum Gasteiger partial charge on any atom is -0.456 e. The average Bonchev–Trinajstić information content (AvgIpc) is 3.24. The third-order valence-corrected chi connectivity index (χ3v) is 5.89. The minimum absolute atomic E-state index is 0.891. The third-order valence-electron chi connectivity index (χ3n) is 5.89. The number of hydrogen-bond acceptors (Lipinski definition) is 2. The summed E-state index contributed by atoms with van der Waals surface area (Å²) in [5, 5.41) is 4.56. The Hall–Kier alpha value is -3.59. The molecule has 0 spiro atoms. The second-order valence-electron chi connectivity index (χ2n) is 7.88. The summed E-state index contributed by atoms with van der Waals surface area (Å²) in [6.45, 7) is 4.23. The van der Waals surface area contributed by atoms with Crippen LogP contribution in [0.2, 0.25) is 0 Å². The summed E-state index contributed by atoms with van der Waals surface area (Å²) in [5.74, 6) is 0. The maximum absolute atomic E-state index is 6.38. The normalized spacial score (nSPS) is 12.0. The first-order chi connectivity index (χ1) is 14.1. The van der Waals surface area contributed by atoms with E-state index in [1.165, 1.54) is 11.1 Å². The molecule has 140 valence electrons.